The van der Waals surface area contributed by atoms with E-state index in [2.05, 4.69) is 16.0 Å². The highest BCUT2D eigenvalue weighted by atomic mass is 35.5. The number of methoxy groups -OCH3 is 1. The van der Waals surface area contributed by atoms with Gasteiger partial charge in [-0.25, -0.2) is 0 Å². The van der Waals surface area contributed by atoms with Gasteiger partial charge in [-0.2, -0.15) is 0 Å². The lowest BCUT2D eigenvalue weighted by Crippen LogP contribution is -2.10. The standard InChI is InChI=1S/C17H16ClN3O/c1-21(2)15-8-11(4-5-16(15)22-3)13-9-12(18)10-14-17(13)20-7-6-19-14/h4-10H,1-3H3. The van der Waals surface area contributed by atoms with Crippen LogP contribution in [0.1, 0.15) is 0 Å². The van der Waals surface area contributed by atoms with Crippen LogP contribution in [0.3, 0.4) is 0 Å². The second-order valence-electron chi connectivity index (χ2n) is 5.16. The maximum absolute atomic E-state index is 6.23. The summed E-state index contributed by atoms with van der Waals surface area (Å²) >= 11 is 6.23. The van der Waals surface area contributed by atoms with Gasteiger partial charge in [-0.15, -0.1) is 0 Å². The molecular weight excluding hydrogens is 298 g/mol. The van der Waals surface area contributed by atoms with E-state index >= 15 is 0 Å². The van der Waals surface area contributed by atoms with Gasteiger partial charge in [0.25, 0.3) is 0 Å². The highest BCUT2D eigenvalue weighted by Crippen LogP contribution is 2.35. The zero-order valence-corrected chi connectivity index (χ0v) is 13.4. The van der Waals surface area contributed by atoms with E-state index < -0.39 is 0 Å². The van der Waals surface area contributed by atoms with E-state index in [9.17, 15) is 0 Å². The molecular formula is C17H16ClN3O. The van der Waals surface area contributed by atoms with Crippen molar-refractivity contribution in [3.8, 4) is 16.9 Å². The number of benzene rings is 2. The molecule has 0 aliphatic rings. The molecule has 0 aliphatic heterocycles. The molecule has 0 saturated heterocycles. The van der Waals surface area contributed by atoms with Gasteiger partial charge in [-0.3, -0.25) is 9.97 Å². The monoisotopic (exact) mass is 313 g/mol. The molecule has 0 N–H and O–H groups in total. The first-order chi connectivity index (χ1) is 10.6. The normalized spacial score (nSPS) is 10.7. The zero-order valence-electron chi connectivity index (χ0n) is 12.7. The van der Waals surface area contributed by atoms with Crippen LogP contribution in [0, 0.1) is 0 Å². The third-order valence-corrected chi connectivity index (χ3v) is 3.73. The fraction of sp³-hybridized carbons (Fsp3) is 0.176. The molecule has 5 heteroatoms. The highest BCUT2D eigenvalue weighted by molar-refractivity contribution is 6.31. The highest BCUT2D eigenvalue weighted by Gasteiger charge is 2.12. The minimum atomic E-state index is 0.644. The summed E-state index contributed by atoms with van der Waals surface area (Å²) in [5, 5.41) is 0.644. The fourth-order valence-electron chi connectivity index (χ4n) is 2.47. The first-order valence-electron chi connectivity index (χ1n) is 6.86. The SMILES string of the molecule is COc1ccc(-c2cc(Cl)cc3nccnc23)cc1N(C)C. The number of rotatable bonds is 3. The smallest absolute Gasteiger partial charge is 0.142 e. The minimum absolute atomic E-state index is 0.644. The van der Waals surface area contributed by atoms with Gasteiger partial charge in [0.1, 0.15) is 5.75 Å². The predicted octanol–water partition coefficient (Wildman–Crippen LogP) is 4.02. The summed E-state index contributed by atoms with van der Waals surface area (Å²) in [6, 6.07) is 9.77. The first kappa shape index (κ1) is 14.6. The average Bonchev–Trinajstić information content (AvgIpc) is 2.53. The quantitative estimate of drug-likeness (QED) is 0.732. The van der Waals surface area contributed by atoms with E-state index in [4.69, 9.17) is 16.3 Å². The van der Waals surface area contributed by atoms with Crippen molar-refractivity contribution in [3.63, 3.8) is 0 Å². The molecule has 0 fully saturated rings. The molecule has 1 aromatic heterocycles. The lowest BCUT2D eigenvalue weighted by molar-refractivity contribution is 0.415. The van der Waals surface area contributed by atoms with E-state index in [1.807, 2.05) is 43.3 Å². The number of aromatic nitrogens is 2. The predicted molar refractivity (Wildman–Crippen MR) is 90.9 cm³/mol. The second-order valence-corrected chi connectivity index (χ2v) is 5.59. The van der Waals surface area contributed by atoms with Crippen molar-refractivity contribution in [2.24, 2.45) is 0 Å². The number of fused-ring (bicyclic) bond motifs is 1. The lowest BCUT2D eigenvalue weighted by Gasteiger charge is -2.18. The van der Waals surface area contributed by atoms with Crippen molar-refractivity contribution in [2.45, 2.75) is 0 Å². The summed E-state index contributed by atoms with van der Waals surface area (Å²) in [5.41, 5.74) is 4.60. The number of ether oxygens (including phenoxy) is 1. The average molecular weight is 314 g/mol. The lowest BCUT2D eigenvalue weighted by atomic mass is 10.0. The molecule has 0 aliphatic carbocycles. The first-order valence-corrected chi connectivity index (χ1v) is 7.24. The van der Waals surface area contributed by atoms with E-state index in [1.54, 1.807) is 19.5 Å². The van der Waals surface area contributed by atoms with Gasteiger partial charge in [0, 0.05) is 37.1 Å². The van der Waals surface area contributed by atoms with Gasteiger partial charge in [-0.05, 0) is 29.8 Å². The summed E-state index contributed by atoms with van der Waals surface area (Å²) in [4.78, 5) is 10.8. The Morgan fingerprint density at radius 2 is 1.82 bits per heavy atom. The van der Waals surface area contributed by atoms with Crippen LogP contribution in [0.2, 0.25) is 5.02 Å². The van der Waals surface area contributed by atoms with Gasteiger partial charge in [0.05, 0.1) is 23.8 Å². The largest absolute Gasteiger partial charge is 0.495 e. The van der Waals surface area contributed by atoms with Gasteiger partial charge in [0.2, 0.25) is 0 Å². The molecule has 3 aromatic rings. The Hall–Kier alpha value is -2.33. The summed E-state index contributed by atoms with van der Waals surface area (Å²) in [6.45, 7) is 0. The number of halogens is 1. The molecule has 112 valence electrons. The third kappa shape index (κ3) is 2.57. The number of hydrogen-bond acceptors (Lipinski definition) is 4. The minimum Gasteiger partial charge on any atom is -0.495 e. The van der Waals surface area contributed by atoms with E-state index in [0.29, 0.717) is 5.02 Å². The van der Waals surface area contributed by atoms with Crippen LogP contribution in [0.25, 0.3) is 22.2 Å². The Labute approximate surface area is 134 Å². The fourth-order valence-corrected chi connectivity index (χ4v) is 2.68. The van der Waals surface area contributed by atoms with Crippen LogP contribution in [0.15, 0.2) is 42.7 Å². The molecule has 0 radical (unpaired) electrons. The number of anilines is 1. The second kappa shape index (κ2) is 5.81. The molecule has 0 atom stereocenters. The van der Waals surface area contributed by atoms with E-state index in [-0.39, 0.29) is 0 Å². The Morgan fingerprint density at radius 1 is 1.05 bits per heavy atom. The Balaban J connectivity index is 2.25. The van der Waals surface area contributed by atoms with Gasteiger partial charge in [-0.1, -0.05) is 17.7 Å². The number of nitrogens with zero attached hydrogens (tertiary/aromatic N) is 3. The Kier molecular flexibility index (Phi) is 3.86. The summed E-state index contributed by atoms with van der Waals surface area (Å²) in [5.74, 6) is 0.825. The summed E-state index contributed by atoms with van der Waals surface area (Å²) in [6.07, 6.45) is 3.36. The molecule has 22 heavy (non-hydrogen) atoms. The molecule has 0 saturated carbocycles. The van der Waals surface area contributed by atoms with Crippen molar-refractivity contribution in [3.05, 3.63) is 47.7 Å². The summed E-state index contributed by atoms with van der Waals surface area (Å²) < 4.78 is 5.41. The molecule has 0 unspecified atom stereocenters. The Morgan fingerprint density at radius 3 is 2.55 bits per heavy atom. The zero-order chi connectivity index (χ0) is 15.7. The maximum atomic E-state index is 6.23. The van der Waals surface area contributed by atoms with Crippen LogP contribution < -0.4 is 9.64 Å². The van der Waals surface area contributed by atoms with Crippen molar-refractivity contribution in [1.82, 2.24) is 9.97 Å². The van der Waals surface area contributed by atoms with Crippen LogP contribution >= 0.6 is 11.6 Å². The molecule has 2 aromatic carbocycles. The maximum Gasteiger partial charge on any atom is 0.142 e. The molecule has 0 bridgehead atoms. The van der Waals surface area contributed by atoms with Gasteiger partial charge >= 0.3 is 0 Å². The van der Waals surface area contributed by atoms with Crippen molar-refractivity contribution in [1.29, 1.82) is 0 Å². The van der Waals surface area contributed by atoms with Gasteiger partial charge < -0.3 is 9.64 Å². The molecule has 4 nitrogen and oxygen atoms in total. The number of hydrogen-bond donors (Lipinski definition) is 0. The molecule has 0 amide bonds. The van der Waals surface area contributed by atoms with Crippen molar-refractivity contribution in [2.75, 3.05) is 26.1 Å². The van der Waals surface area contributed by atoms with Crippen LogP contribution in [0.5, 0.6) is 5.75 Å². The summed E-state index contributed by atoms with van der Waals surface area (Å²) in [7, 11) is 5.64. The van der Waals surface area contributed by atoms with Crippen molar-refractivity contribution >= 4 is 28.3 Å². The molecule has 0 spiro atoms. The van der Waals surface area contributed by atoms with Crippen LogP contribution in [-0.4, -0.2) is 31.2 Å². The van der Waals surface area contributed by atoms with Crippen LogP contribution in [-0.2, 0) is 0 Å². The molecule has 3 rings (SSSR count). The van der Waals surface area contributed by atoms with Gasteiger partial charge in [0.15, 0.2) is 0 Å². The van der Waals surface area contributed by atoms with E-state index in [1.165, 1.54) is 0 Å². The third-order valence-electron chi connectivity index (χ3n) is 3.51. The molecule has 1 heterocycles. The van der Waals surface area contributed by atoms with E-state index in [0.717, 1.165) is 33.6 Å². The van der Waals surface area contributed by atoms with Crippen molar-refractivity contribution < 1.29 is 4.74 Å². The van der Waals surface area contributed by atoms with Crippen LogP contribution in [0.4, 0.5) is 5.69 Å². The Bertz CT molecular complexity index is 833. The topological polar surface area (TPSA) is 38.3 Å².